The molecule has 1 N–H and O–H groups in total. The van der Waals surface area contributed by atoms with E-state index in [1.165, 1.54) is 7.11 Å². The Bertz CT molecular complexity index is 1440. The summed E-state index contributed by atoms with van der Waals surface area (Å²) in [4.78, 5) is 51.2. The Morgan fingerprint density at radius 2 is 1.67 bits per heavy atom. The summed E-state index contributed by atoms with van der Waals surface area (Å²) >= 11 is 24.9. The minimum Gasteiger partial charge on any atom is -0.399 e. The number of halogens is 4. The molecule has 0 bridgehead atoms. The lowest BCUT2D eigenvalue weighted by Gasteiger charge is -2.43. The van der Waals surface area contributed by atoms with E-state index in [9.17, 15) is 14.4 Å². The first kappa shape index (κ1) is 36.1. The van der Waals surface area contributed by atoms with Gasteiger partial charge in [-0.3, -0.25) is 9.59 Å². The van der Waals surface area contributed by atoms with Crippen molar-refractivity contribution < 1.29 is 19.2 Å². The van der Waals surface area contributed by atoms with Crippen LogP contribution in [0.4, 0.5) is 4.79 Å². The number of hydrogen-bond acceptors (Lipinski definition) is 6. The van der Waals surface area contributed by atoms with E-state index in [4.69, 9.17) is 51.2 Å². The zero-order chi connectivity index (χ0) is 33.4. The number of rotatable bonds is 12. The summed E-state index contributed by atoms with van der Waals surface area (Å²) in [5.74, 6) is -0.625. The molecule has 2 fully saturated rings. The molecule has 4 rings (SSSR count). The van der Waals surface area contributed by atoms with Gasteiger partial charge in [0.15, 0.2) is 0 Å². The Labute approximate surface area is 290 Å². The highest BCUT2D eigenvalue weighted by Gasteiger charge is 2.34. The zero-order valence-corrected chi connectivity index (χ0v) is 29.3. The number of urea groups is 1. The summed E-state index contributed by atoms with van der Waals surface area (Å²) in [6.07, 6.45) is 3.22. The van der Waals surface area contributed by atoms with Crippen LogP contribution in [0.1, 0.15) is 47.5 Å². The van der Waals surface area contributed by atoms with Crippen LogP contribution in [0.25, 0.3) is 0 Å². The number of nitrogens with one attached hydrogen (secondary N) is 1. The van der Waals surface area contributed by atoms with Gasteiger partial charge in [0, 0.05) is 57.8 Å². The first-order valence-electron chi connectivity index (χ1n) is 15.3. The molecule has 4 amide bonds. The third kappa shape index (κ3) is 9.19. The van der Waals surface area contributed by atoms with Gasteiger partial charge < -0.3 is 29.8 Å². The van der Waals surface area contributed by atoms with Crippen LogP contribution in [0, 0.1) is 0 Å². The molecule has 0 aromatic heterocycles. The standard InChI is InChI=1S/C32H40Cl4N6O4/c1-37-30(43)20-41-12-4-13-42(32(41)45)23-9-14-40(15-10-23)16-11-24(21-5-7-25(33)27(35)17-21)29(38-46-3)19-39(2)31(44)22-6-8-26(34)28(36)18-22/h5-8,17-18,23-24H,4,9-16,19-20H2,1-3H3,(H,37,43)/b38-29-/t24-/m1/s1. The first-order chi connectivity index (χ1) is 22.0. The lowest BCUT2D eigenvalue weighted by Crippen LogP contribution is -2.57. The van der Waals surface area contributed by atoms with Crippen LogP contribution in [0.5, 0.6) is 0 Å². The Balaban J connectivity index is 1.44. The molecule has 1 atom stereocenters. The van der Waals surface area contributed by atoms with E-state index in [0.29, 0.717) is 50.9 Å². The number of oxime groups is 1. The molecule has 2 saturated heterocycles. The van der Waals surface area contributed by atoms with Crippen molar-refractivity contribution in [2.45, 2.75) is 37.6 Å². The SMILES string of the molecule is CNC(=O)CN1CCCN(C2CCN(CC[C@@H](/C(CN(C)C(=O)c3ccc(Cl)c(Cl)c3)=N\OC)c3ccc(Cl)c(Cl)c3)CC2)C1=O. The van der Waals surface area contributed by atoms with Gasteiger partial charge in [-0.25, -0.2) is 4.79 Å². The van der Waals surface area contributed by atoms with E-state index in [2.05, 4.69) is 15.4 Å². The number of carbonyl (C=O) groups excluding carboxylic acids is 3. The third-order valence-electron chi connectivity index (χ3n) is 8.56. The van der Waals surface area contributed by atoms with Crippen molar-refractivity contribution in [3.63, 3.8) is 0 Å². The maximum Gasteiger partial charge on any atom is 0.320 e. The second kappa shape index (κ2) is 16.9. The normalized spacial score (nSPS) is 17.2. The lowest BCUT2D eigenvalue weighted by atomic mass is 9.89. The molecule has 2 heterocycles. The van der Waals surface area contributed by atoms with Gasteiger partial charge in [0.2, 0.25) is 5.91 Å². The van der Waals surface area contributed by atoms with Crippen LogP contribution < -0.4 is 5.32 Å². The molecule has 2 aromatic rings. The fraction of sp³-hybridized carbons (Fsp3) is 0.500. The van der Waals surface area contributed by atoms with Gasteiger partial charge in [0.05, 0.1) is 32.3 Å². The van der Waals surface area contributed by atoms with Crippen LogP contribution in [-0.2, 0) is 9.63 Å². The van der Waals surface area contributed by atoms with Gasteiger partial charge in [-0.2, -0.15) is 0 Å². The molecule has 2 aliphatic rings. The van der Waals surface area contributed by atoms with Crippen molar-refractivity contribution in [1.82, 2.24) is 24.9 Å². The van der Waals surface area contributed by atoms with Crippen LogP contribution in [-0.4, -0.2) is 116 Å². The Kier molecular flexibility index (Phi) is 13.2. The molecule has 0 spiro atoms. The summed E-state index contributed by atoms with van der Waals surface area (Å²) < 4.78 is 0. The molecular formula is C32H40Cl4N6O4. The van der Waals surface area contributed by atoms with Crippen molar-refractivity contribution in [1.29, 1.82) is 0 Å². The molecule has 250 valence electrons. The minimum atomic E-state index is -0.238. The molecule has 0 unspecified atom stereocenters. The Morgan fingerprint density at radius 1 is 1.00 bits per heavy atom. The predicted octanol–water partition coefficient (Wildman–Crippen LogP) is 5.89. The van der Waals surface area contributed by atoms with Crippen molar-refractivity contribution in [2.24, 2.45) is 5.16 Å². The van der Waals surface area contributed by atoms with Gasteiger partial charge in [-0.15, -0.1) is 0 Å². The van der Waals surface area contributed by atoms with E-state index >= 15 is 0 Å². The smallest absolute Gasteiger partial charge is 0.320 e. The highest BCUT2D eigenvalue weighted by Crippen LogP contribution is 2.31. The maximum absolute atomic E-state index is 13.3. The van der Waals surface area contributed by atoms with E-state index in [0.717, 1.165) is 44.5 Å². The number of amides is 4. The van der Waals surface area contributed by atoms with Crippen LogP contribution >= 0.6 is 46.4 Å². The topological polar surface area (TPSA) is 97.8 Å². The minimum absolute atomic E-state index is 0.0621. The van der Waals surface area contributed by atoms with E-state index in [-0.39, 0.29) is 42.9 Å². The molecule has 2 aromatic carbocycles. The second-order valence-corrected chi connectivity index (χ2v) is 13.2. The number of hydrogen-bond donors (Lipinski definition) is 1. The van der Waals surface area contributed by atoms with Gasteiger partial charge in [0.1, 0.15) is 13.7 Å². The molecule has 14 heteroatoms. The summed E-state index contributed by atoms with van der Waals surface area (Å²) in [5, 5.41) is 8.53. The van der Waals surface area contributed by atoms with Crippen LogP contribution in [0.2, 0.25) is 20.1 Å². The lowest BCUT2D eigenvalue weighted by molar-refractivity contribution is -0.121. The average Bonchev–Trinajstić information content (AvgIpc) is 3.05. The third-order valence-corrected chi connectivity index (χ3v) is 10.0. The van der Waals surface area contributed by atoms with Crippen molar-refractivity contribution in [3.8, 4) is 0 Å². The fourth-order valence-corrected chi connectivity index (χ4v) is 6.65. The van der Waals surface area contributed by atoms with Gasteiger partial charge >= 0.3 is 6.03 Å². The van der Waals surface area contributed by atoms with Crippen molar-refractivity contribution in [3.05, 3.63) is 67.6 Å². The maximum atomic E-state index is 13.3. The summed E-state index contributed by atoms with van der Waals surface area (Å²) in [5.41, 5.74) is 1.97. The summed E-state index contributed by atoms with van der Waals surface area (Å²) in [7, 11) is 4.76. The Hall–Kier alpha value is -2.76. The van der Waals surface area contributed by atoms with Gasteiger partial charge in [-0.05, 0) is 68.1 Å². The second-order valence-electron chi connectivity index (χ2n) is 11.6. The summed E-state index contributed by atoms with van der Waals surface area (Å²) in [6, 6.07) is 10.4. The fourth-order valence-electron chi connectivity index (χ4n) is 6.05. The number of nitrogens with zero attached hydrogens (tertiary/aromatic N) is 5. The number of likely N-dealkylation sites (tertiary alicyclic amines) is 1. The number of carbonyl (C=O) groups is 3. The molecule has 0 aliphatic carbocycles. The van der Waals surface area contributed by atoms with Gasteiger partial charge in [-0.1, -0.05) is 57.6 Å². The van der Waals surface area contributed by atoms with Crippen molar-refractivity contribution >= 4 is 70.0 Å². The highest BCUT2D eigenvalue weighted by molar-refractivity contribution is 6.42. The highest BCUT2D eigenvalue weighted by atomic mass is 35.5. The number of piperidine rings is 1. The molecule has 46 heavy (non-hydrogen) atoms. The first-order valence-corrected chi connectivity index (χ1v) is 16.8. The van der Waals surface area contributed by atoms with Gasteiger partial charge in [0.25, 0.3) is 5.91 Å². The summed E-state index contributed by atoms with van der Waals surface area (Å²) in [6.45, 7) is 3.98. The molecule has 0 radical (unpaired) electrons. The largest absolute Gasteiger partial charge is 0.399 e. The van der Waals surface area contributed by atoms with E-state index in [1.54, 1.807) is 48.2 Å². The number of benzene rings is 2. The Morgan fingerprint density at radius 3 is 2.30 bits per heavy atom. The molecular weight excluding hydrogens is 674 g/mol. The predicted molar refractivity (Wildman–Crippen MR) is 184 cm³/mol. The molecule has 2 aliphatic heterocycles. The van der Waals surface area contributed by atoms with Crippen LogP contribution in [0.3, 0.4) is 0 Å². The van der Waals surface area contributed by atoms with Crippen LogP contribution in [0.15, 0.2) is 41.6 Å². The zero-order valence-electron chi connectivity index (χ0n) is 26.3. The quantitative estimate of drug-likeness (QED) is 0.219. The van der Waals surface area contributed by atoms with Crippen molar-refractivity contribution in [2.75, 3.05) is 67.0 Å². The molecule has 0 saturated carbocycles. The average molecular weight is 715 g/mol. The molecule has 10 nitrogen and oxygen atoms in total. The number of likely N-dealkylation sites (N-methyl/N-ethyl adjacent to an activating group) is 1. The van der Waals surface area contributed by atoms with E-state index < -0.39 is 0 Å². The monoisotopic (exact) mass is 712 g/mol. The van der Waals surface area contributed by atoms with E-state index in [1.807, 2.05) is 17.0 Å².